The highest BCUT2D eigenvalue weighted by Gasteiger charge is 2.22. The van der Waals surface area contributed by atoms with Crippen LogP contribution in [-0.2, 0) is 11.2 Å². The van der Waals surface area contributed by atoms with E-state index in [1.807, 2.05) is 30.3 Å². The number of carbonyl (C=O) groups is 1. The van der Waals surface area contributed by atoms with Crippen LogP contribution in [0.4, 0.5) is 0 Å². The van der Waals surface area contributed by atoms with Crippen molar-refractivity contribution in [2.75, 3.05) is 6.54 Å². The van der Waals surface area contributed by atoms with E-state index < -0.39 is 0 Å². The largest absolute Gasteiger partial charge is 0.299 e. The Morgan fingerprint density at radius 2 is 1.89 bits per heavy atom. The molecule has 0 saturated heterocycles. The van der Waals surface area contributed by atoms with Gasteiger partial charge in [0, 0.05) is 10.9 Å². The van der Waals surface area contributed by atoms with Crippen LogP contribution >= 0.6 is 15.9 Å². The lowest BCUT2D eigenvalue weighted by atomic mass is 9.94. The molecule has 2 aromatic carbocycles. The number of benzene rings is 2. The molecule has 0 radical (unpaired) electrons. The molecule has 1 aliphatic heterocycles. The molecule has 0 fully saturated rings. The molecule has 0 spiro atoms. The second-order valence-corrected chi connectivity index (χ2v) is 5.70. The van der Waals surface area contributed by atoms with E-state index in [1.165, 1.54) is 11.1 Å². The smallest absolute Gasteiger partial charge is 0.151 e. The molecule has 3 heteroatoms. The zero-order chi connectivity index (χ0) is 13.2. The van der Waals surface area contributed by atoms with Crippen molar-refractivity contribution >= 4 is 21.7 Å². The molecule has 1 unspecified atom stereocenters. The lowest BCUT2D eigenvalue weighted by Gasteiger charge is -2.19. The van der Waals surface area contributed by atoms with Crippen molar-refractivity contribution in [3.05, 3.63) is 69.7 Å². The van der Waals surface area contributed by atoms with E-state index in [9.17, 15) is 4.79 Å². The minimum Gasteiger partial charge on any atom is -0.299 e. The lowest BCUT2D eigenvalue weighted by molar-refractivity contribution is -0.117. The number of hydrogen-bond acceptors (Lipinski definition) is 2. The average molecular weight is 316 g/mol. The number of fused-ring (bicyclic) bond motifs is 1. The zero-order valence-electron chi connectivity index (χ0n) is 10.4. The van der Waals surface area contributed by atoms with Gasteiger partial charge in [-0.3, -0.25) is 10.1 Å². The summed E-state index contributed by atoms with van der Waals surface area (Å²) in [6.07, 6.45) is 0.513. The van der Waals surface area contributed by atoms with Crippen LogP contribution in [-0.4, -0.2) is 12.3 Å². The highest BCUT2D eigenvalue weighted by atomic mass is 79.9. The number of ketones is 1. The van der Waals surface area contributed by atoms with Crippen molar-refractivity contribution < 1.29 is 4.79 Å². The Labute approximate surface area is 121 Å². The maximum absolute atomic E-state index is 11.8. The van der Waals surface area contributed by atoms with Crippen LogP contribution in [0.2, 0.25) is 0 Å². The highest BCUT2D eigenvalue weighted by Crippen LogP contribution is 2.29. The summed E-state index contributed by atoms with van der Waals surface area (Å²) < 4.78 is 1.04. The Morgan fingerprint density at radius 3 is 2.68 bits per heavy atom. The number of Topliss-reactive ketones (excluding diaryl/α,β-unsaturated/α-hetero) is 1. The molecule has 2 nitrogen and oxygen atoms in total. The molecule has 0 saturated carbocycles. The van der Waals surface area contributed by atoms with Gasteiger partial charge in [0.2, 0.25) is 0 Å². The van der Waals surface area contributed by atoms with Gasteiger partial charge in [-0.05, 0) is 28.8 Å². The molecule has 1 N–H and O–H groups in total. The molecule has 96 valence electrons. The zero-order valence-corrected chi connectivity index (χ0v) is 12.0. The highest BCUT2D eigenvalue weighted by molar-refractivity contribution is 9.10. The fourth-order valence-electron chi connectivity index (χ4n) is 2.54. The second kappa shape index (κ2) is 5.27. The van der Waals surface area contributed by atoms with Crippen LogP contribution in [0, 0.1) is 0 Å². The molecular weight excluding hydrogens is 302 g/mol. The summed E-state index contributed by atoms with van der Waals surface area (Å²) in [5, 5.41) is 3.36. The van der Waals surface area contributed by atoms with Gasteiger partial charge < -0.3 is 0 Å². The number of hydrogen-bond donors (Lipinski definition) is 1. The predicted octanol–water partition coefficient (Wildman–Crippen LogP) is 3.25. The third-order valence-electron chi connectivity index (χ3n) is 3.44. The summed E-state index contributed by atoms with van der Waals surface area (Å²) in [6, 6.07) is 16.5. The maximum Gasteiger partial charge on any atom is 0.151 e. The summed E-state index contributed by atoms with van der Waals surface area (Å²) in [5.41, 5.74) is 3.50. The SMILES string of the molecule is O=C1CNC(c2ccccc2)c2cc(Br)ccc2C1. The van der Waals surface area contributed by atoms with E-state index in [-0.39, 0.29) is 11.8 Å². The van der Waals surface area contributed by atoms with Crippen LogP contribution in [0.25, 0.3) is 0 Å². The number of halogens is 1. The number of carbonyl (C=O) groups excluding carboxylic acids is 1. The monoisotopic (exact) mass is 315 g/mol. The standard InChI is InChI=1S/C16H14BrNO/c17-13-7-6-12-8-14(19)10-18-16(15(12)9-13)11-4-2-1-3-5-11/h1-7,9,16,18H,8,10H2. The quantitative estimate of drug-likeness (QED) is 0.875. The summed E-state index contributed by atoms with van der Waals surface area (Å²) in [5.74, 6) is 0.238. The van der Waals surface area contributed by atoms with Crippen molar-refractivity contribution in [3.8, 4) is 0 Å². The van der Waals surface area contributed by atoms with Crippen molar-refractivity contribution in [2.45, 2.75) is 12.5 Å². The van der Waals surface area contributed by atoms with E-state index >= 15 is 0 Å². The fourth-order valence-corrected chi connectivity index (χ4v) is 2.92. The molecule has 0 bridgehead atoms. The molecular formula is C16H14BrNO. The molecule has 19 heavy (non-hydrogen) atoms. The molecule has 1 atom stereocenters. The van der Waals surface area contributed by atoms with Gasteiger partial charge in [-0.2, -0.15) is 0 Å². The Balaban J connectivity index is 2.11. The van der Waals surface area contributed by atoms with Gasteiger partial charge >= 0.3 is 0 Å². The molecule has 3 rings (SSSR count). The predicted molar refractivity (Wildman–Crippen MR) is 79.1 cm³/mol. The van der Waals surface area contributed by atoms with Gasteiger partial charge in [-0.15, -0.1) is 0 Å². The minimum absolute atomic E-state index is 0.0835. The summed E-state index contributed by atoms with van der Waals surface area (Å²) in [6.45, 7) is 0.422. The third kappa shape index (κ3) is 2.62. The summed E-state index contributed by atoms with van der Waals surface area (Å²) in [4.78, 5) is 11.8. The van der Waals surface area contributed by atoms with E-state index in [2.05, 4.69) is 39.4 Å². The van der Waals surface area contributed by atoms with Crippen molar-refractivity contribution in [1.29, 1.82) is 0 Å². The normalized spacial score (nSPS) is 18.8. The first-order valence-corrected chi connectivity index (χ1v) is 7.12. The molecule has 0 aliphatic carbocycles. The molecule has 1 aliphatic rings. The lowest BCUT2D eigenvalue weighted by Crippen LogP contribution is -2.25. The molecule has 0 amide bonds. The van der Waals surface area contributed by atoms with E-state index in [0.717, 1.165) is 10.0 Å². The Hall–Kier alpha value is -1.45. The fraction of sp³-hybridized carbons (Fsp3) is 0.188. The molecule has 0 aromatic heterocycles. The van der Waals surface area contributed by atoms with E-state index in [1.54, 1.807) is 0 Å². The van der Waals surface area contributed by atoms with Gasteiger partial charge in [0.1, 0.15) is 0 Å². The Kier molecular flexibility index (Phi) is 3.49. The van der Waals surface area contributed by atoms with Crippen LogP contribution in [0.15, 0.2) is 53.0 Å². The Bertz CT molecular complexity index is 609. The van der Waals surface area contributed by atoms with Crippen molar-refractivity contribution in [1.82, 2.24) is 5.32 Å². The first-order chi connectivity index (χ1) is 9.24. The van der Waals surface area contributed by atoms with E-state index in [0.29, 0.717) is 13.0 Å². The first kappa shape index (κ1) is 12.6. The number of rotatable bonds is 1. The molecule has 2 aromatic rings. The van der Waals surface area contributed by atoms with Crippen molar-refractivity contribution in [3.63, 3.8) is 0 Å². The van der Waals surface area contributed by atoms with Gasteiger partial charge in [0.15, 0.2) is 5.78 Å². The van der Waals surface area contributed by atoms with Crippen LogP contribution in [0.5, 0.6) is 0 Å². The van der Waals surface area contributed by atoms with Crippen molar-refractivity contribution in [2.24, 2.45) is 0 Å². The van der Waals surface area contributed by atoms with Gasteiger partial charge in [0.05, 0.1) is 12.6 Å². The first-order valence-electron chi connectivity index (χ1n) is 6.32. The van der Waals surface area contributed by atoms with Gasteiger partial charge in [-0.1, -0.05) is 52.3 Å². The van der Waals surface area contributed by atoms with E-state index in [4.69, 9.17) is 0 Å². The van der Waals surface area contributed by atoms with Gasteiger partial charge in [-0.25, -0.2) is 0 Å². The molecule has 1 heterocycles. The Morgan fingerprint density at radius 1 is 1.11 bits per heavy atom. The van der Waals surface area contributed by atoms with Crippen LogP contribution < -0.4 is 5.32 Å². The van der Waals surface area contributed by atoms with Crippen LogP contribution in [0.3, 0.4) is 0 Å². The minimum atomic E-state index is 0.0835. The summed E-state index contributed by atoms with van der Waals surface area (Å²) in [7, 11) is 0. The average Bonchev–Trinajstić information content (AvgIpc) is 2.58. The maximum atomic E-state index is 11.8. The summed E-state index contributed by atoms with van der Waals surface area (Å²) >= 11 is 3.52. The van der Waals surface area contributed by atoms with Crippen LogP contribution in [0.1, 0.15) is 22.7 Å². The second-order valence-electron chi connectivity index (χ2n) is 4.78. The number of nitrogens with one attached hydrogen (secondary N) is 1. The third-order valence-corrected chi connectivity index (χ3v) is 3.94. The topological polar surface area (TPSA) is 29.1 Å². The van der Waals surface area contributed by atoms with Gasteiger partial charge in [0.25, 0.3) is 0 Å².